The van der Waals surface area contributed by atoms with Crippen molar-refractivity contribution < 1.29 is 18.4 Å². The Morgan fingerprint density at radius 2 is 1.92 bits per heavy atom. The molecule has 0 spiro atoms. The first kappa shape index (κ1) is 16.9. The van der Waals surface area contributed by atoms with Crippen LogP contribution in [-0.4, -0.2) is 17.7 Å². The van der Waals surface area contributed by atoms with Crippen LogP contribution in [-0.2, 0) is 9.59 Å². The van der Waals surface area contributed by atoms with Crippen LogP contribution in [0.15, 0.2) is 35.7 Å². The van der Waals surface area contributed by atoms with Gasteiger partial charge in [0.25, 0.3) is 0 Å². The lowest BCUT2D eigenvalue weighted by Crippen LogP contribution is -2.53. The number of carbonyl (C=O) groups excluding carboxylic acids is 2. The van der Waals surface area contributed by atoms with E-state index in [4.69, 9.17) is 0 Å². The highest BCUT2D eigenvalue weighted by atomic mass is 19.1. The minimum absolute atomic E-state index is 0.0482. The third-order valence-corrected chi connectivity index (χ3v) is 7.80. The zero-order chi connectivity index (χ0) is 18.3. The van der Waals surface area contributed by atoms with Gasteiger partial charge in [-0.15, -0.1) is 0 Å². The molecule has 2 unspecified atom stereocenters. The van der Waals surface area contributed by atoms with Gasteiger partial charge in [-0.05, 0) is 54.6 Å². The van der Waals surface area contributed by atoms with Crippen molar-refractivity contribution in [1.29, 1.82) is 0 Å². The fraction of sp³-hybridized carbons (Fsp3) is 0.619. The lowest BCUT2D eigenvalue weighted by atomic mass is 9.45. The molecule has 0 saturated heterocycles. The predicted octanol–water partition coefficient (Wildman–Crippen LogP) is 4.52. The number of Topliss-reactive ketones (excluding diaryl/α,β-unsaturated/α-hetero) is 1. The fourth-order valence-corrected chi connectivity index (χ4v) is 6.37. The second kappa shape index (κ2) is 4.99. The first-order valence-corrected chi connectivity index (χ1v) is 9.14. The largest absolute Gasteiger partial charge is 0.296 e. The topological polar surface area (TPSA) is 34.1 Å². The maximum atomic E-state index is 14.7. The molecule has 0 aromatic rings. The molecule has 4 rings (SSSR count). The third kappa shape index (κ3) is 1.89. The minimum atomic E-state index is -1.39. The Kier molecular flexibility index (Phi) is 3.36. The molecule has 4 aliphatic rings. The zero-order valence-corrected chi connectivity index (χ0v) is 14.9. The summed E-state index contributed by atoms with van der Waals surface area (Å²) in [4.78, 5) is 24.3. The van der Waals surface area contributed by atoms with Crippen LogP contribution in [0.5, 0.6) is 0 Å². The molecule has 4 heteroatoms. The summed E-state index contributed by atoms with van der Waals surface area (Å²) in [7, 11) is 0. The lowest BCUT2D eigenvalue weighted by molar-refractivity contribution is -0.135. The van der Waals surface area contributed by atoms with Crippen LogP contribution in [0.3, 0.4) is 0 Å². The van der Waals surface area contributed by atoms with Gasteiger partial charge in [0.2, 0.25) is 5.78 Å². The Labute approximate surface area is 147 Å². The summed E-state index contributed by atoms with van der Waals surface area (Å²) in [5.74, 6) is -1.50. The molecule has 3 fully saturated rings. The highest BCUT2D eigenvalue weighted by molar-refractivity contribution is 6.05. The molecular formula is C21H24F2O2. The van der Waals surface area contributed by atoms with Crippen molar-refractivity contribution >= 4 is 11.6 Å². The maximum Gasteiger partial charge on any atom is 0.214 e. The molecule has 0 aromatic heterocycles. The zero-order valence-electron chi connectivity index (χ0n) is 14.9. The van der Waals surface area contributed by atoms with Gasteiger partial charge in [-0.1, -0.05) is 33.4 Å². The Bertz CT molecular complexity index is 764. The van der Waals surface area contributed by atoms with Crippen LogP contribution in [0.25, 0.3) is 0 Å². The summed E-state index contributed by atoms with van der Waals surface area (Å²) in [5.41, 5.74) is -0.166. The Hall–Kier alpha value is -1.58. The summed E-state index contributed by atoms with van der Waals surface area (Å²) < 4.78 is 29.0. The molecule has 4 aliphatic carbocycles. The van der Waals surface area contributed by atoms with Gasteiger partial charge in [0.1, 0.15) is 0 Å². The van der Waals surface area contributed by atoms with E-state index in [0.29, 0.717) is 17.6 Å². The van der Waals surface area contributed by atoms with Gasteiger partial charge in [-0.2, -0.15) is 0 Å². The Balaban J connectivity index is 1.85. The van der Waals surface area contributed by atoms with Crippen LogP contribution < -0.4 is 0 Å². The summed E-state index contributed by atoms with van der Waals surface area (Å²) >= 11 is 0. The van der Waals surface area contributed by atoms with Crippen LogP contribution in [0.4, 0.5) is 8.78 Å². The molecule has 3 saturated carbocycles. The number of ketones is 2. The van der Waals surface area contributed by atoms with Crippen molar-refractivity contribution in [1.82, 2.24) is 0 Å². The van der Waals surface area contributed by atoms with E-state index in [1.54, 1.807) is 0 Å². The molecule has 0 amide bonds. The van der Waals surface area contributed by atoms with E-state index in [2.05, 4.69) is 6.58 Å². The standard InChI is InChI=1S/C21H24F2O2/c1-10-11(2)17-18(23)15(24)6-8-20(17,3)12-5-7-21(4)13(16(10)12)9-14(22)19(21)25/h6,8,10,12-14,16H,2,5,7,9H2,1,3-4H3/t10?,12-,13-,14?,16+,20+,21-/m0/s1. The van der Waals surface area contributed by atoms with E-state index >= 15 is 0 Å². The van der Waals surface area contributed by atoms with E-state index < -0.39 is 28.6 Å². The average Bonchev–Trinajstić information content (AvgIpc) is 2.80. The second-order valence-electron chi connectivity index (χ2n) is 8.80. The SMILES string of the molecule is C=C1C2=C(F)C(=O)C=C[C@]2(C)[C@H]2CC[C@]3(C)C(=O)C(F)C[C@H]3[C@@H]2C1C. The van der Waals surface area contributed by atoms with Gasteiger partial charge in [0, 0.05) is 16.4 Å². The number of rotatable bonds is 0. The van der Waals surface area contributed by atoms with Gasteiger partial charge in [0.05, 0.1) is 0 Å². The monoisotopic (exact) mass is 346 g/mol. The molecule has 25 heavy (non-hydrogen) atoms. The van der Waals surface area contributed by atoms with Crippen LogP contribution in [0.2, 0.25) is 0 Å². The van der Waals surface area contributed by atoms with Crippen molar-refractivity contribution in [3.05, 3.63) is 35.7 Å². The summed E-state index contributed by atoms with van der Waals surface area (Å²) in [6.07, 6.45) is 3.37. The number of fused-ring (bicyclic) bond motifs is 5. The number of carbonyl (C=O) groups is 2. The molecule has 0 aliphatic heterocycles. The van der Waals surface area contributed by atoms with Crippen molar-refractivity contribution in [2.75, 3.05) is 0 Å². The van der Waals surface area contributed by atoms with Gasteiger partial charge >= 0.3 is 0 Å². The first-order valence-electron chi connectivity index (χ1n) is 9.14. The first-order chi connectivity index (χ1) is 11.6. The summed E-state index contributed by atoms with van der Waals surface area (Å²) in [6.45, 7) is 9.97. The molecule has 0 N–H and O–H groups in total. The van der Waals surface area contributed by atoms with Crippen LogP contribution >= 0.6 is 0 Å². The Morgan fingerprint density at radius 1 is 1.24 bits per heavy atom. The lowest BCUT2D eigenvalue weighted by Gasteiger charge is -2.58. The maximum absolute atomic E-state index is 14.7. The molecule has 2 nitrogen and oxygen atoms in total. The molecule has 7 atom stereocenters. The fourth-order valence-electron chi connectivity index (χ4n) is 6.37. The number of halogens is 2. The van der Waals surface area contributed by atoms with Gasteiger partial charge in [0.15, 0.2) is 17.8 Å². The summed E-state index contributed by atoms with van der Waals surface area (Å²) in [5, 5.41) is 0. The molecule has 0 aromatic carbocycles. The van der Waals surface area contributed by atoms with Gasteiger partial charge < -0.3 is 0 Å². The van der Waals surface area contributed by atoms with Crippen molar-refractivity contribution in [2.24, 2.45) is 34.5 Å². The van der Waals surface area contributed by atoms with Crippen LogP contribution in [0, 0.1) is 34.5 Å². The number of allylic oxidation sites excluding steroid dienone is 5. The number of hydrogen-bond acceptors (Lipinski definition) is 2. The average molecular weight is 346 g/mol. The predicted molar refractivity (Wildman–Crippen MR) is 91.0 cm³/mol. The van der Waals surface area contributed by atoms with E-state index in [1.165, 1.54) is 6.08 Å². The number of alkyl halides is 1. The quantitative estimate of drug-likeness (QED) is 0.646. The van der Waals surface area contributed by atoms with Crippen LogP contribution in [0.1, 0.15) is 40.0 Å². The van der Waals surface area contributed by atoms with Gasteiger partial charge in [-0.25, -0.2) is 8.78 Å². The third-order valence-electron chi connectivity index (χ3n) is 7.80. The van der Waals surface area contributed by atoms with E-state index in [-0.39, 0.29) is 35.9 Å². The highest BCUT2D eigenvalue weighted by Crippen LogP contribution is 2.66. The smallest absolute Gasteiger partial charge is 0.214 e. The number of hydrogen-bond donors (Lipinski definition) is 0. The normalized spacial score (nSPS) is 49.2. The summed E-state index contributed by atoms with van der Waals surface area (Å²) in [6, 6.07) is 0. The Morgan fingerprint density at radius 3 is 2.60 bits per heavy atom. The second-order valence-corrected chi connectivity index (χ2v) is 8.80. The molecular weight excluding hydrogens is 322 g/mol. The molecule has 0 heterocycles. The molecule has 0 radical (unpaired) electrons. The van der Waals surface area contributed by atoms with E-state index in [0.717, 1.165) is 6.42 Å². The van der Waals surface area contributed by atoms with Crippen molar-refractivity contribution in [3.63, 3.8) is 0 Å². The van der Waals surface area contributed by atoms with Crippen molar-refractivity contribution in [2.45, 2.75) is 46.2 Å². The minimum Gasteiger partial charge on any atom is -0.296 e. The molecule has 0 bridgehead atoms. The van der Waals surface area contributed by atoms with Crippen molar-refractivity contribution in [3.8, 4) is 0 Å². The molecule has 134 valence electrons. The van der Waals surface area contributed by atoms with E-state index in [9.17, 15) is 18.4 Å². The van der Waals surface area contributed by atoms with E-state index in [1.807, 2.05) is 26.8 Å². The highest BCUT2D eigenvalue weighted by Gasteiger charge is 2.64. The van der Waals surface area contributed by atoms with Gasteiger partial charge in [-0.3, -0.25) is 9.59 Å².